The van der Waals surface area contributed by atoms with Crippen molar-refractivity contribution in [2.24, 2.45) is 0 Å². The Kier molecular flexibility index (Phi) is 9.59. The van der Waals surface area contributed by atoms with Gasteiger partial charge in [-0.2, -0.15) is 0 Å². The van der Waals surface area contributed by atoms with Gasteiger partial charge in [0.1, 0.15) is 12.2 Å². The van der Waals surface area contributed by atoms with Gasteiger partial charge in [-0.3, -0.25) is 4.79 Å². The maximum Gasteiger partial charge on any atom is 0.220 e. The summed E-state index contributed by atoms with van der Waals surface area (Å²) in [5, 5.41) is 53.4. The number of nitrogens with zero attached hydrogens (tertiary/aromatic N) is 1. The van der Waals surface area contributed by atoms with Crippen LogP contribution >= 0.6 is 0 Å². The van der Waals surface area contributed by atoms with Crippen LogP contribution in [0.15, 0.2) is 0 Å². The second-order valence-electron chi connectivity index (χ2n) is 8.33. The first-order valence-corrected chi connectivity index (χ1v) is 10.7. The lowest BCUT2D eigenvalue weighted by molar-refractivity contribution is -0.134. The topological polar surface area (TPSA) is 133 Å². The van der Waals surface area contributed by atoms with Gasteiger partial charge in [-0.1, -0.05) is 32.1 Å². The Morgan fingerprint density at radius 1 is 1.07 bits per heavy atom. The van der Waals surface area contributed by atoms with Crippen molar-refractivity contribution in [1.82, 2.24) is 10.2 Å². The molecule has 2 fully saturated rings. The average molecular weight is 403 g/mol. The minimum absolute atomic E-state index is 0.0175. The third-order valence-corrected chi connectivity index (χ3v) is 6.31. The lowest BCUT2D eigenvalue weighted by Crippen LogP contribution is -2.48. The van der Waals surface area contributed by atoms with E-state index in [2.05, 4.69) is 5.32 Å². The van der Waals surface area contributed by atoms with E-state index in [0.29, 0.717) is 12.8 Å². The smallest absolute Gasteiger partial charge is 0.220 e. The van der Waals surface area contributed by atoms with E-state index in [9.17, 15) is 30.3 Å². The van der Waals surface area contributed by atoms with E-state index >= 15 is 0 Å². The first-order valence-electron chi connectivity index (χ1n) is 10.7. The molecule has 6 N–H and O–H groups in total. The molecule has 2 saturated heterocycles. The van der Waals surface area contributed by atoms with Gasteiger partial charge in [0.15, 0.2) is 0 Å². The Morgan fingerprint density at radius 3 is 2.36 bits per heavy atom. The summed E-state index contributed by atoms with van der Waals surface area (Å²) in [7, 11) is 0. The Bertz CT molecular complexity index is 474. The Morgan fingerprint density at radius 2 is 1.75 bits per heavy atom. The van der Waals surface area contributed by atoms with Gasteiger partial charge >= 0.3 is 0 Å². The van der Waals surface area contributed by atoms with E-state index in [-0.39, 0.29) is 18.6 Å². The summed E-state index contributed by atoms with van der Waals surface area (Å²) in [5.74, 6) is -0.256. The summed E-state index contributed by atoms with van der Waals surface area (Å²) in [6, 6.07) is -1.24. The minimum Gasteiger partial charge on any atom is -0.394 e. The lowest BCUT2D eigenvalue weighted by Gasteiger charge is -2.31. The summed E-state index contributed by atoms with van der Waals surface area (Å²) in [4.78, 5) is 13.3. The third kappa shape index (κ3) is 5.87. The number of hydrogen-bond acceptors (Lipinski definition) is 7. The number of piperidine rings is 1. The molecule has 2 heterocycles. The fourth-order valence-corrected chi connectivity index (χ4v) is 4.67. The highest BCUT2D eigenvalue weighted by Gasteiger charge is 2.47. The van der Waals surface area contributed by atoms with E-state index in [0.717, 1.165) is 51.5 Å². The van der Waals surface area contributed by atoms with Gasteiger partial charge < -0.3 is 35.7 Å². The zero-order chi connectivity index (χ0) is 20.7. The Hall–Kier alpha value is -0.770. The maximum atomic E-state index is 11.9. The van der Waals surface area contributed by atoms with Crippen molar-refractivity contribution >= 4 is 5.91 Å². The summed E-state index contributed by atoms with van der Waals surface area (Å²) in [5.41, 5.74) is 0. The Balaban J connectivity index is 1.66. The fourth-order valence-electron chi connectivity index (χ4n) is 4.67. The molecule has 0 aromatic rings. The van der Waals surface area contributed by atoms with Gasteiger partial charge in [0, 0.05) is 13.0 Å². The molecule has 0 saturated carbocycles. The molecule has 28 heavy (non-hydrogen) atoms. The molecule has 8 nitrogen and oxygen atoms in total. The molecule has 0 spiro atoms. The Labute approximate surface area is 167 Å². The van der Waals surface area contributed by atoms with E-state index in [1.54, 1.807) is 0 Å². The molecule has 2 rings (SSSR count). The van der Waals surface area contributed by atoms with Crippen LogP contribution in [0.5, 0.6) is 0 Å². The molecule has 0 unspecified atom stereocenters. The van der Waals surface area contributed by atoms with Gasteiger partial charge in [0.25, 0.3) is 0 Å². The molecule has 0 aromatic carbocycles. The molecule has 0 radical (unpaired) electrons. The number of rotatable bonds is 10. The van der Waals surface area contributed by atoms with Crippen LogP contribution in [-0.2, 0) is 4.79 Å². The van der Waals surface area contributed by atoms with Crippen molar-refractivity contribution in [2.75, 3.05) is 13.2 Å². The van der Waals surface area contributed by atoms with Crippen molar-refractivity contribution in [3.05, 3.63) is 0 Å². The summed E-state index contributed by atoms with van der Waals surface area (Å²) in [6.07, 6.45) is 3.94. The maximum absolute atomic E-state index is 11.9. The van der Waals surface area contributed by atoms with Gasteiger partial charge in [-0.05, 0) is 32.2 Å². The highest BCUT2D eigenvalue weighted by molar-refractivity contribution is 5.74. The number of nitrogens with one attached hydrogen (secondary N) is 1. The van der Waals surface area contributed by atoms with Gasteiger partial charge in [-0.25, -0.2) is 0 Å². The van der Waals surface area contributed by atoms with Gasteiger partial charge in [-0.15, -0.1) is 0 Å². The van der Waals surface area contributed by atoms with Crippen LogP contribution in [0.3, 0.4) is 0 Å². The van der Waals surface area contributed by atoms with E-state index in [1.165, 1.54) is 11.8 Å². The largest absolute Gasteiger partial charge is 0.394 e. The van der Waals surface area contributed by atoms with Crippen molar-refractivity contribution in [3.8, 4) is 0 Å². The molecular formula is C20H38N2O6. The molecular weight excluding hydrogens is 364 g/mol. The predicted octanol–water partition coefficient (Wildman–Crippen LogP) is -0.496. The lowest BCUT2D eigenvalue weighted by atomic mass is 9.93. The number of amides is 1. The van der Waals surface area contributed by atoms with E-state index < -0.39 is 36.5 Å². The van der Waals surface area contributed by atoms with Crippen molar-refractivity contribution < 1.29 is 30.3 Å². The highest BCUT2D eigenvalue weighted by Crippen LogP contribution is 2.29. The standard InChI is InChI=1S/C20H38N2O6/c1-13(24)22-15(19(27)20(28)16(22)12-23)9-4-2-3-5-10-17(25)18(26)14-8-6-7-11-21-14/h14-21,23,25-28H,2-12H2,1H3/t14-,15+,16+,17-,18-,19+,20+/m0/s1. The van der Waals surface area contributed by atoms with Gasteiger partial charge in [0.05, 0.1) is 30.9 Å². The number of carbonyl (C=O) groups excluding carboxylic acids is 1. The van der Waals surface area contributed by atoms with Crippen LogP contribution in [0.2, 0.25) is 0 Å². The quantitative estimate of drug-likeness (QED) is 0.272. The summed E-state index contributed by atoms with van der Waals surface area (Å²) in [6.45, 7) is 1.91. The molecule has 8 heteroatoms. The van der Waals surface area contributed by atoms with E-state index in [4.69, 9.17) is 0 Å². The molecule has 1 amide bonds. The van der Waals surface area contributed by atoms with Crippen LogP contribution < -0.4 is 5.32 Å². The normalized spacial score (nSPS) is 33.1. The summed E-state index contributed by atoms with van der Waals surface area (Å²) >= 11 is 0. The molecule has 164 valence electrons. The van der Waals surface area contributed by atoms with Crippen molar-refractivity contribution in [2.45, 2.75) is 107 Å². The summed E-state index contributed by atoms with van der Waals surface area (Å²) < 4.78 is 0. The third-order valence-electron chi connectivity index (χ3n) is 6.31. The minimum atomic E-state index is -1.12. The number of likely N-dealkylation sites (tertiary alicyclic amines) is 1. The number of unbranched alkanes of at least 4 members (excludes halogenated alkanes) is 3. The molecule has 0 bridgehead atoms. The fraction of sp³-hybridized carbons (Fsp3) is 0.950. The average Bonchev–Trinajstić information content (AvgIpc) is 2.94. The second-order valence-corrected chi connectivity index (χ2v) is 8.33. The monoisotopic (exact) mass is 402 g/mol. The number of hydrogen-bond donors (Lipinski definition) is 6. The van der Waals surface area contributed by atoms with E-state index in [1.807, 2.05) is 0 Å². The first kappa shape index (κ1) is 23.5. The van der Waals surface area contributed by atoms with Crippen molar-refractivity contribution in [3.63, 3.8) is 0 Å². The molecule has 2 aliphatic heterocycles. The SMILES string of the molecule is CC(=O)N1[C@H](CO)[C@@H](O)[C@H](O)[C@H]1CCCCCC[C@H](O)[C@@H](O)[C@@H]1CCCCN1. The molecule has 7 atom stereocenters. The van der Waals surface area contributed by atoms with Crippen molar-refractivity contribution in [1.29, 1.82) is 0 Å². The number of aliphatic hydroxyl groups is 5. The van der Waals surface area contributed by atoms with Crippen LogP contribution in [0.4, 0.5) is 0 Å². The van der Waals surface area contributed by atoms with Crippen LogP contribution in [0, 0.1) is 0 Å². The van der Waals surface area contributed by atoms with Crippen LogP contribution in [-0.4, -0.2) is 92.0 Å². The number of aliphatic hydroxyl groups excluding tert-OH is 5. The highest BCUT2D eigenvalue weighted by atomic mass is 16.3. The molecule has 2 aliphatic rings. The second kappa shape index (κ2) is 11.4. The van der Waals surface area contributed by atoms with Crippen LogP contribution in [0.1, 0.15) is 64.7 Å². The van der Waals surface area contributed by atoms with Gasteiger partial charge in [0.2, 0.25) is 5.91 Å². The first-order chi connectivity index (χ1) is 13.4. The molecule has 0 aliphatic carbocycles. The zero-order valence-electron chi connectivity index (χ0n) is 16.9. The number of carbonyl (C=O) groups is 1. The zero-order valence-corrected chi connectivity index (χ0v) is 16.9. The predicted molar refractivity (Wildman–Crippen MR) is 105 cm³/mol. The van der Waals surface area contributed by atoms with Crippen LogP contribution in [0.25, 0.3) is 0 Å². The molecule has 0 aromatic heterocycles.